The van der Waals surface area contributed by atoms with Crippen molar-refractivity contribution >= 4 is 32.8 Å². The van der Waals surface area contributed by atoms with Crippen LogP contribution in [0.15, 0.2) is 21.4 Å². The number of hydrogen-bond acceptors (Lipinski definition) is 3. The average molecular weight is 307 g/mol. The summed E-state index contributed by atoms with van der Waals surface area (Å²) in [7, 11) is 0. The molecule has 0 saturated carbocycles. The zero-order chi connectivity index (χ0) is 13.4. The zero-order valence-corrected chi connectivity index (χ0v) is 10.8. The van der Waals surface area contributed by atoms with Gasteiger partial charge in [0.05, 0.1) is 20.9 Å². The van der Waals surface area contributed by atoms with Crippen LogP contribution in [0.5, 0.6) is 0 Å². The van der Waals surface area contributed by atoms with Gasteiger partial charge in [0.25, 0.3) is 0 Å². The number of nitrogens with one attached hydrogen (secondary N) is 1. The van der Waals surface area contributed by atoms with Crippen LogP contribution < -0.4 is 5.43 Å². The first-order valence-corrected chi connectivity index (χ1v) is 5.75. The van der Waals surface area contributed by atoms with Gasteiger partial charge >= 0.3 is 5.97 Å². The van der Waals surface area contributed by atoms with E-state index in [1.807, 2.05) is 6.07 Å². The van der Waals surface area contributed by atoms with E-state index < -0.39 is 11.4 Å². The molecule has 5 nitrogen and oxygen atoms in total. The molecule has 2 aromatic rings. The molecule has 2 N–H and O–H groups in total. The van der Waals surface area contributed by atoms with Gasteiger partial charge in [-0.1, -0.05) is 6.07 Å². The number of carboxylic acid groups (broad SMARTS) is 1. The third kappa shape index (κ3) is 1.69. The Balaban J connectivity index is 3.10. The summed E-state index contributed by atoms with van der Waals surface area (Å²) in [5, 5.41) is 18.3. The molecule has 0 fully saturated rings. The maximum Gasteiger partial charge on any atom is 0.353 e. The summed E-state index contributed by atoms with van der Waals surface area (Å²) in [4.78, 5) is 25.7. The molecule has 0 atom stereocenters. The normalized spacial score (nSPS) is 10.3. The molecule has 1 aromatic heterocycles. The molecule has 0 aliphatic rings. The van der Waals surface area contributed by atoms with Gasteiger partial charge in [-0.2, -0.15) is 5.26 Å². The molecule has 18 heavy (non-hydrogen) atoms. The number of aromatic nitrogens is 1. The quantitative estimate of drug-likeness (QED) is 0.844. The number of aromatic amines is 1. The highest BCUT2D eigenvalue weighted by atomic mass is 79.9. The second-order valence-electron chi connectivity index (χ2n) is 3.74. The summed E-state index contributed by atoms with van der Waals surface area (Å²) in [6, 6.07) is 5.14. The van der Waals surface area contributed by atoms with E-state index in [1.165, 1.54) is 0 Å². The highest BCUT2D eigenvalue weighted by molar-refractivity contribution is 9.10. The SMILES string of the molecule is Cc1ccc(C#N)c2[nH]c(C(=O)O)c(Br)c(=O)c12. The largest absolute Gasteiger partial charge is 0.477 e. The lowest BCUT2D eigenvalue weighted by Gasteiger charge is -2.07. The number of nitriles is 1. The Bertz CT molecular complexity index is 771. The van der Waals surface area contributed by atoms with Crippen molar-refractivity contribution in [2.45, 2.75) is 6.92 Å². The molecule has 2 rings (SSSR count). The van der Waals surface area contributed by atoms with Gasteiger partial charge in [0.15, 0.2) is 0 Å². The summed E-state index contributed by atoms with van der Waals surface area (Å²) in [5.41, 5.74) is 0.485. The van der Waals surface area contributed by atoms with Crippen LogP contribution in [0.25, 0.3) is 10.9 Å². The Hall–Kier alpha value is -2.13. The molecule has 6 heteroatoms. The molecule has 0 amide bonds. The minimum atomic E-state index is -1.26. The number of benzene rings is 1. The number of halogens is 1. The minimum absolute atomic E-state index is 0.0410. The Labute approximate surface area is 110 Å². The topological polar surface area (TPSA) is 93.9 Å². The maximum absolute atomic E-state index is 12.1. The van der Waals surface area contributed by atoms with Crippen molar-refractivity contribution in [2.75, 3.05) is 0 Å². The summed E-state index contributed by atoms with van der Waals surface area (Å²) in [6.45, 7) is 1.73. The molecule has 0 unspecified atom stereocenters. The fraction of sp³-hybridized carbons (Fsp3) is 0.0833. The van der Waals surface area contributed by atoms with Crippen molar-refractivity contribution in [1.82, 2.24) is 4.98 Å². The number of H-pyrrole nitrogens is 1. The smallest absolute Gasteiger partial charge is 0.353 e. The molecule has 0 bridgehead atoms. The summed E-state index contributed by atoms with van der Waals surface area (Å²) in [6.07, 6.45) is 0. The number of aryl methyl sites for hydroxylation is 1. The predicted octanol–water partition coefficient (Wildman–Crippen LogP) is 2.17. The van der Waals surface area contributed by atoms with E-state index in [1.54, 1.807) is 19.1 Å². The van der Waals surface area contributed by atoms with Crippen molar-refractivity contribution in [3.63, 3.8) is 0 Å². The van der Waals surface area contributed by atoms with Crippen molar-refractivity contribution in [3.8, 4) is 6.07 Å². The van der Waals surface area contributed by atoms with Gasteiger partial charge in [-0.15, -0.1) is 0 Å². The van der Waals surface area contributed by atoms with Gasteiger partial charge in [0.2, 0.25) is 5.43 Å². The van der Waals surface area contributed by atoms with Crippen LogP contribution in [0, 0.1) is 18.3 Å². The number of nitrogens with zero attached hydrogens (tertiary/aromatic N) is 1. The van der Waals surface area contributed by atoms with Crippen LogP contribution in [0.1, 0.15) is 21.6 Å². The van der Waals surface area contributed by atoms with E-state index in [2.05, 4.69) is 20.9 Å². The Kier molecular flexibility index (Phi) is 2.93. The third-order valence-corrected chi connectivity index (χ3v) is 3.40. The molecule has 90 valence electrons. The van der Waals surface area contributed by atoms with Gasteiger partial charge in [0.1, 0.15) is 11.8 Å². The van der Waals surface area contributed by atoms with Gasteiger partial charge < -0.3 is 10.1 Å². The van der Waals surface area contributed by atoms with Crippen molar-refractivity contribution in [2.24, 2.45) is 0 Å². The fourth-order valence-electron chi connectivity index (χ4n) is 1.77. The fourth-order valence-corrected chi connectivity index (χ4v) is 2.24. The second kappa shape index (κ2) is 4.27. The van der Waals surface area contributed by atoms with E-state index in [9.17, 15) is 9.59 Å². The Morgan fingerprint density at radius 3 is 2.72 bits per heavy atom. The monoisotopic (exact) mass is 306 g/mol. The number of pyridine rings is 1. The van der Waals surface area contributed by atoms with E-state index >= 15 is 0 Å². The predicted molar refractivity (Wildman–Crippen MR) is 68.7 cm³/mol. The second-order valence-corrected chi connectivity index (χ2v) is 4.53. The molecular weight excluding hydrogens is 300 g/mol. The van der Waals surface area contributed by atoms with Crippen molar-refractivity contribution in [3.05, 3.63) is 43.6 Å². The lowest BCUT2D eigenvalue weighted by atomic mass is 10.0. The summed E-state index contributed by atoms with van der Waals surface area (Å²) < 4.78 is -0.0410. The van der Waals surface area contributed by atoms with Crippen LogP contribution in [0.4, 0.5) is 0 Å². The average Bonchev–Trinajstić information content (AvgIpc) is 2.33. The number of carbonyl (C=O) groups is 1. The molecule has 0 spiro atoms. The molecule has 0 aliphatic heterocycles. The van der Waals surface area contributed by atoms with Crippen molar-refractivity contribution in [1.29, 1.82) is 5.26 Å². The lowest BCUT2D eigenvalue weighted by Crippen LogP contribution is -2.14. The number of hydrogen-bond donors (Lipinski definition) is 2. The Morgan fingerprint density at radius 2 is 2.17 bits per heavy atom. The molecule has 1 aromatic carbocycles. The van der Waals surface area contributed by atoms with Gasteiger partial charge in [0, 0.05) is 0 Å². The first kappa shape index (κ1) is 12.3. The first-order chi connectivity index (χ1) is 8.47. The number of rotatable bonds is 1. The number of aromatic carboxylic acids is 1. The first-order valence-electron chi connectivity index (χ1n) is 4.96. The summed E-state index contributed by atoms with van der Waals surface area (Å²) >= 11 is 2.98. The number of fused-ring (bicyclic) bond motifs is 1. The van der Waals surface area contributed by atoms with E-state index in [0.717, 1.165) is 0 Å². The highest BCUT2D eigenvalue weighted by Gasteiger charge is 2.17. The highest BCUT2D eigenvalue weighted by Crippen LogP contribution is 2.21. The van der Waals surface area contributed by atoms with Crippen LogP contribution in [0.3, 0.4) is 0 Å². The van der Waals surface area contributed by atoms with E-state index in [4.69, 9.17) is 10.4 Å². The molecule has 0 aliphatic carbocycles. The van der Waals surface area contributed by atoms with Crippen LogP contribution in [-0.2, 0) is 0 Å². The van der Waals surface area contributed by atoms with Crippen LogP contribution >= 0.6 is 15.9 Å². The summed E-state index contributed by atoms with van der Waals surface area (Å²) in [5.74, 6) is -1.26. The van der Waals surface area contributed by atoms with E-state index in [0.29, 0.717) is 10.9 Å². The standard InChI is InChI=1S/C12H7BrN2O3/c1-5-2-3-6(4-14)9-7(5)11(16)8(13)10(15-9)12(17)18/h2-3H,1H3,(H,15,16)(H,17,18). The molecular formula is C12H7BrN2O3. The maximum atomic E-state index is 12.1. The van der Waals surface area contributed by atoms with Crippen LogP contribution in [-0.4, -0.2) is 16.1 Å². The molecule has 0 radical (unpaired) electrons. The third-order valence-electron chi connectivity index (χ3n) is 2.64. The van der Waals surface area contributed by atoms with Crippen molar-refractivity contribution < 1.29 is 9.90 Å². The van der Waals surface area contributed by atoms with Gasteiger partial charge in [-0.05, 0) is 34.5 Å². The van der Waals surface area contributed by atoms with E-state index in [-0.39, 0.29) is 21.2 Å². The zero-order valence-electron chi connectivity index (χ0n) is 9.24. The van der Waals surface area contributed by atoms with Gasteiger partial charge in [-0.3, -0.25) is 4.79 Å². The number of carboxylic acids is 1. The van der Waals surface area contributed by atoms with Gasteiger partial charge in [-0.25, -0.2) is 4.79 Å². The lowest BCUT2D eigenvalue weighted by molar-refractivity contribution is 0.0689. The molecule has 0 saturated heterocycles. The van der Waals surface area contributed by atoms with Crippen LogP contribution in [0.2, 0.25) is 0 Å². The molecule has 1 heterocycles. The Morgan fingerprint density at radius 1 is 1.50 bits per heavy atom. The minimum Gasteiger partial charge on any atom is -0.477 e.